The first-order chi connectivity index (χ1) is 10.5. The molecule has 2 fully saturated rings. The lowest BCUT2D eigenvalue weighted by atomic mass is 9.91. The molecule has 0 saturated carbocycles. The molecule has 7 nitrogen and oxygen atoms in total. The van der Waals surface area contributed by atoms with E-state index < -0.39 is 11.9 Å². The third kappa shape index (κ3) is 4.52. The molecule has 0 amide bonds. The maximum Gasteiger partial charge on any atom is 0.414 e. The van der Waals surface area contributed by atoms with Crippen molar-refractivity contribution in [2.45, 2.75) is 18.0 Å². The predicted molar refractivity (Wildman–Crippen MR) is 78.8 cm³/mol. The van der Waals surface area contributed by atoms with E-state index in [0.717, 1.165) is 32.7 Å². The summed E-state index contributed by atoms with van der Waals surface area (Å²) in [4.78, 5) is 18.2. The number of aliphatic carboxylic acids is 2. The molecule has 1 atom stereocenters. The van der Waals surface area contributed by atoms with Gasteiger partial charge in [0.2, 0.25) is 0 Å². The van der Waals surface area contributed by atoms with E-state index in [9.17, 15) is 0 Å². The van der Waals surface area contributed by atoms with Gasteiger partial charge in [0.15, 0.2) is 0 Å². The minimum atomic E-state index is -1.82. The van der Waals surface area contributed by atoms with Crippen molar-refractivity contribution in [3.63, 3.8) is 0 Å². The lowest BCUT2D eigenvalue weighted by Gasteiger charge is -2.48. The summed E-state index contributed by atoms with van der Waals surface area (Å²) in [5, 5.41) is 22.0. The van der Waals surface area contributed by atoms with Crippen molar-refractivity contribution in [1.82, 2.24) is 10.6 Å². The van der Waals surface area contributed by atoms with Crippen molar-refractivity contribution in [1.29, 1.82) is 0 Å². The number of benzene rings is 1. The van der Waals surface area contributed by atoms with Crippen LogP contribution in [-0.4, -0.2) is 60.0 Å². The molecule has 2 aliphatic heterocycles. The van der Waals surface area contributed by atoms with Crippen LogP contribution in [0.4, 0.5) is 0 Å². The number of piperazine rings is 1. The quantitative estimate of drug-likeness (QED) is 0.556. The Labute approximate surface area is 128 Å². The molecular weight excluding hydrogens is 288 g/mol. The highest BCUT2D eigenvalue weighted by atomic mass is 16.5. The summed E-state index contributed by atoms with van der Waals surface area (Å²) in [6, 6.07) is 11.2. The Hall–Kier alpha value is -1.96. The molecule has 2 saturated heterocycles. The second-order valence-corrected chi connectivity index (χ2v) is 5.55. The molecule has 1 aromatic rings. The summed E-state index contributed by atoms with van der Waals surface area (Å²) in [6.45, 7) is 3.80. The van der Waals surface area contributed by atoms with Crippen LogP contribution in [0.15, 0.2) is 30.3 Å². The number of hydrogen-bond acceptors (Lipinski definition) is 5. The van der Waals surface area contributed by atoms with Crippen molar-refractivity contribution in [3.05, 3.63) is 35.9 Å². The topological polar surface area (TPSA) is 108 Å². The lowest BCUT2D eigenvalue weighted by molar-refractivity contribution is -0.159. The van der Waals surface area contributed by atoms with Crippen molar-refractivity contribution < 1.29 is 24.5 Å². The molecular formula is C15H20N2O5. The van der Waals surface area contributed by atoms with Gasteiger partial charge >= 0.3 is 11.9 Å². The summed E-state index contributed by atoms with van der Waals surface area (Å²) in [6.07, 6.45) is 1.09. The van der Waals surface area contributed by atoms with Crippen LogP contribution >= 0.6 is 0 Å². The molecule has 1 aromatic carbocycles. The largest absolute Gasteiger partial charge is 0.473 e. The zero-order chi connectivity index (χ0) is 16.0. The Bertz CT molecular complexity index is 504. The summed E-state index contributed by atoms with van der Waals surface area (Å²) < 4.78 is 5.31. The van der Waals surface area contributed by atoms with Gasteiger partial charge in [-0.2, -0.15) is 0 Å². The molecule has 3 rings (SSSR count). The Kier molecular flexibility index (Phi) is 5.48. The van der Waals surface area contributed by atoms with Crippen LogP contribution in [0.2, 0.25) is 0 Å². The molecule has 2 heterocycles. The highest BCUT2D eigenvalue weighted by Gasteiger charge is 2.42. The maximum absolute atomic E-state index is 9.10. The van der Waals surface area contributed by atoms with Crippen LogP contribution < -0.4 is 10.6 Å². The molecule has 0 aromatic heterocycles. The molecule has 7 heteroatoms. The number of hydrogen-bond donors (Lipinski definition) is 4. The zero-order valence-corrected chi connectivity index (χ0v) is 12.1. The first-order valence-corrected chi connectivity index (χ1v) is 7.07. The molecule has 4 N–H and O–H groups in total. The van der Waals surface area contributed by atoms with Crippen LogP contribution in [0.3, 0.4) is 0 Å². The highest BCUT2D eigenvalue weighted by Crippen LogP contribution is 2.20. The van der Waals surface area contributed by atoms with E-state index in [-0.39, 0.29) is 5.54 Å². The van der Waals surface area contributed by atoms with E-state index in [0.29, 0.717) is 6.04 Å². The Morgan fingerprint density at radius 1 is 1.18 bits per heavy atom. The van der Waals surface area contributed by atoms with Crippen LogP contribution in [-0.2, 0) is 20.7 Å². The smallest absolute Gasteiger partial charge is 0.414 e. The van der Waals surface area contributed by atoms with Gasteiger partial charge in [-0.1, -0.05) is 30.3 Å². The van der Waals surface area contributed by atoms with Crippen molar-refractivity contribution in [3.8, 4) is 0 Å². The van der Waals surface area contributed by atoms with E-state index in [2.05, 4.69) is 41.0 Å². The summed E-state index contributed by atoms with van der Waals surface area (Å²) >= 11 is 0. The fourth-order valence-corrected chi connectivity index (χ4v) is 2.58. The Morgan fingerprint density at radius 3 is 2.32 bits per heavy atom. The summed E-state index contributed by atoms with van der Waals surface area (Å²) in [5.74, 6) is -3.65. The second-order valence-electron chi connectivity index (χ2n) is 5.55. The van der Waals surface area contributed by atoms with E-state index in [1.807, 2.05) is 0 Å². The second kappa shape index (κ2) is 7.35. The molecule has 120 valence electrons. The number of carbonyl (C=O) groups is 2. The fraction of sp³-hybridized carbons (Fsp3) is 0.467. The van der Waals surface area contributed by atoms with Crippen molar-refractivity contribution >= 4 is 11.9 Å². The first kappa shape index (κ1) is 16.4. The monoisotopic (exact) mass is 308 g/mol. The van der Waals surface area contributed by atoms with Gasteiger partial charge in [0, 0.05) is 19.1 Å². The fourth-order valence-electron chi connectivity index (χ4n) is 2.58. The van der Waals surface area contributed by atoms with Crippen molar-refractivity contribution in [2.24, 2.45) is 0 Å². The Balaban J connectivity index is 0.000000254. The van der Waals surface area contributed by atoms with Crippen LogP contribution in [0.5, 0.6) is 0 Å². The third-order valence-corrected chi connectivity index (χ3v) is 3.63. The normalized spacial score (nSPS) is 22.1. The molecule has 0 unspecified atom stereocenters. The molecule has 0 aliphatic carbocycles. The number of ether oxygens (including phenoxy) is 1. The van der Waals surface area contributed by atoms with Gasteiger partial charge in [-0.3, -0.25) is 0 Å². The molecule has 0 radical (unpaired) electrons. The summed E-state index contributed by atoms with van der Waals surface area (Å²) in [5.41, 5.74) is 1.62. The van der Waals surface area contributed by atoms with E-state index >= 15 is 0 Å². The lowest BCUT2D eigenvalue weighted by Crippen LogP contribution is -2.72. The minimum Gasteiger partial charge on any atom is -0.473 e. The van der Waals surface area contributed by atoms with Crippen LogP contribution in [0.1, 0.15) is 5.56 Å². The minimum absolute atomic E-state index is 0.220. The molecule has 0 bridgehead atoms. The zero-order valence-electron chi connectivity index (χ0n) is 12.1. The van der Waals surface area contributed by atoms with Gasteiger partial charge in [0.25, 0.3) is 0 Å². The number of rotatable bonds is 2. The summed E-state index contributed by atoms with van der Waals surface area (Å²) in [7, 11) is 0. The van der Waals surface area contributed by atoms with Gasteiger partial charge in [-0.05, 0) is 12.0 Å². The standard InChI is InChI=1S/C13H18N2O.C2H2O4/c1-2-4-11(5-3-1)6-12-7-14-8-13(15-12)9-16-10-13;3-1(4)2(5)6/h1-5,12,14-15H,6-10H2;(H,3,4)(H,5,6)/t12-;/m0./s1. The maximum atomic E-state index is 9.10. The van der Waals surface area contributed by atoms with Crippen molar-refractivity contribution in [2.75, 3.05) is 26.3 Å². The SMILES string of the molecule is O=C(O)C(=O)O.c1ccc(C[C@H]2CNCC3(COC3)N2)cc1. The molecule has 2 aliphatic rings. The van der Waals surface area contributed by atoms with Gasteiger partial charge in [-0.15, -0.1) is 0 Å². The number of nitrogens with one attached hydrogen (secondary N) is 2. The molecule has 1 spiro atoms. The van der Waals surface area contributed by atoms with Crippen LogP contribution in [0, 0.1) is 0 Å². The van der Waals surface area contributed by atoms with E-state index in [4.69, 9.17) is 24.5 Å². The van der Waals surface area contributed by atoms with Gasteiger partial charge < -0.3 is 25.6 Å². The van der Waals surface area contributed by atoms with Gasteiger partial charge in [0.1, 0.15) is 0 Å². The first-order valence-electron chi connectivity index (χ1n) is 7.07. The van der Waals surface area contributed by atoms with Crippen LogP contribution in [0.25, 0.3) is 0 Å². The van der Waals surface area contributed by atoms with Gasteiger partial charge in [0.05, 0.1) is 18.8 Å². The average Bonchev–Trinajstić information content (AvgIpc) is 2.47. The van der Waals surface area contributed by atoms with E-state index in [1.165, 1.54) is 5.56 Å². The van der Waals surface area contributed by atoms with E-state index in [1.54, 1.807) is 0 Å². The average molecular weight is 308 g/mol. The number of carboxylic acids is 2. The predicted octanol–water partition coefficient (Wildman–Crippen LogP) is -0.285. The number of carboxylic acid groups (broad SMARTS) is 2. The Morgan fingerprint density at radius 2 is 1.82 bits per heavy atom. The third-order valence-electron chi connectivity index (χ3n) is 3.63. The highest BCUT2D eigenvalue weighted by molar-refractivity contribution is 6.27. The van der Waals surface area contributed by atoms with Gasteiger partial charge in [-0.25, -0.2) is 9.59 Å². The molecule has 22 heavy (non-hydrogen) atoms.